The van der Waals surface area contributed by atoms with Crippen LogP contribution in [-0.4, -0.2) is 68.8 Å². The lowest BCUT2D eigenvalue weighted by molar-refractivity contribution is -0.161. The van der Waals surface area contributed by atoms with Gasteiger partial charge in [0, 0.05) is 13.1 Å². The zero-order chi connectivity index (χ0) is 15.7. The molecule has 0 spiro atoms. The van der Waals surface area contributed by atoms with E-state index in [-0.39, 0.29) is 13.0 Å². The first-order chi connectivity index (χ1) is 9.29. The lowest BCUT2D eigenvalue weighted by atomic mass is 10.1. The van der Waals surface area contributed by atoms with Gasteiger partial charge >= 0.3 is 11.9 Å². The molecule has 1 saturated heterocycles. The van der Waals surface area contributed by atoms with Gasteiger partial charge in [-0.05, 0) is 25.7 Å². The lowest BCUT2D eigenvalue weighted by Gasteiger charge is -2.11. The van der Waals surface area contributed by atoms with Gasteiger partial charge in [-0.2, -0.15) is 5.06 Å². The van der Waals surface area contributed by atoms with Gasteiger partial charge in [-0.25, -0.2) is 0 Å². The lowest BCUT2D eigenvalue weighted by Crippen LogP contribution is -2.32. The van der Waals surface area contributed by atoms with Crippen molar-refractivity contribution in [3.8, 4) is 0 Å². The van der Waals surface area contributed by atoms with Gasteiger partial charge in [-0.15, -0.1) is 0 Å². The summed E-state index contributed by atoms with van der Waals surface area (Å²) in [7, 11) is 0. The molecule has 1 heterocycles. The maximum Gasteiger partial charge on any atom is 0.323 e. The van der Waals surface area contributed by atoms with Crippen LogP contribution in [0.5, 0.6) is 0 Å². The molecule has 0 saturated carbocycles. The topological polar surface area (TPSA) is 170 Å². The molecular formula is C11H23N3O6. The summed E-state index contributed by atoms with van der Waals surface area (Å²) >= 11 is 0. The first-order valence-corrected chi connectivity index (χ1v) is 6.34. The number of rotatable bonds is 6. The normalized spacial score (nSPS) is 21.7. The van der Waals surface area contributed by atoms with Crippen molar-refractivity contribution in [2.75, 3.05) is 13.1 Å². The molecule has 8 N–H and O–H groups in total. The molecule has 20 heavy (non-hydrogen) atoms. The molecule has 0 aromatic rings. The van der Waals surface area contributed by atoms with Crippen molar-refractivity contribution in [3.05, 3.63) is 0 Å². The third-order valence-electron chi connectivity index (χ3n) is 2.91. The summed E-state index contributed by atoms with van der Waals surface area (Å²) in [4.78, 5) is 20.4. The molecule has 0 unspecified atom stereocenters. The van der Waals surface area contributed by atoms with Crippen LogP contribution in [0.3, 0.4) is 0 Å². The van der Waals surface area contributed by atoms with Crippen LogP contribution in [0.2, 0.25) is 0 Å². The third kappa shape index (κ3) is 7.36. The van der Waals surface area contributed by atoms with Crippen molar-refractivity contribution in [2.45, 2.75) is 43.9 Å². The highest BCUT2D eigenvalue weighted by Crippen LogP contribution is 2.13. The van der Waals surface area contributed by atoms with Crippen molar-refractivity contribution >= 4 is 11.9 Å². The quantitative estimate of drug-likeness (QED) is 0.338. The number of nitrogens with zero attached hydrogens (tertiary/aromatic N) is 1. The number of aliphatic hydroxyl groups excluding tert-OH is 1. The van der Waals surface area contributed by atoms with E-state index in [4.69, 9.17) is 32.0 Å². The number of nitrogens with two attached hydrogens (primary N) is 2. The van der Waals surface area contributed by atoms with E-state index in [1.54, 1.807) is 0 Å². The molecule has 9 nitrogen and oxygen atoms in total. The Morgan fingerprint density at radius 1 is 1.30 bits per heavy atom. The summed E-state index contributed by atoms with van der Waals surface area (Å²) in [5.41, 5.74) is 10.3. The van der Waals surface area contributed by atoms with Gasteiger partial charge in [0.15, 0.2) is 0 Å². The predicted octanol–water partition coefficient (Wildman–Crippen LogP) is -1.58. The highest BCUT2D eigenvalue weighted by atomic mass is 16.5. The third-order valence-corrected chi connectivity index (χ3v) is 2.91. The number of carboxylic acid groups (broad SMARTS) is 2. The highest BCUT2D eigenvalue weighted by molar-refractivity contribution is 5.73. The number of aliphatic carboxylic acids is 2. The smallest absolute Gasteiger partial charge is 0.323 e. The first-order valence-electron chi connectivity index (χ1n) is 6.34. The summed E-state index contributed by atoms with van der Waals surface area (Å²) in [6, 6.07) is -1.55. The van der Waals surface area contributed by atoms with E-state index in [1.165, 1.54) is 0 Å². The number of hydrogen-bond acceptors (Lipinski definition) is 7. The van der Waals surface area contributed by atoms with E-state index in [1.807, 2.05) is 0 Å². The molecule has 0 radical (unpaired) electrons. The maximum atomic E-state index is 10.2. The maximum absolute atomic E-state index is 10.2. The number of hydrogen-bond donors (Lipinski definition) is 6. The molecule has 0 bridgehead atoms. The molecule has 118 valence electrons. The zero-order valence-electron chi connectivity index (χ0n) is 11.2. The van der Waals surface area contributed by atoms with Crippen LogP contribution >= 0.6 is 0 Å². The fraction of sp³-hybridized carbons (Fsp3) is 0.818. The number of carbonyl (C=O) groups is 2. The van der Waals surface area contributed by atoms with Gasteiger partial charge in [0.25, 0.3) is 0 Å². The summed E-state index contributed by atoms with van der Waals surface area (Å²) < 4.78 is 0. The van der Waals surface area contributed by atoms with Crippen molar-refractivity contribution in [3.63, 3.8) is 0 Å². The Morgan fingerprint density at radius 3 is 2.20 bits per heavy atom. The molecule has 0 amide bonds. The summed E-state index contributed by atoms with van der Waals surface area (Å²) in [5, 5.41) is 35.3. The van der Waals surface area contributed by atoms with Crippen molar-refractivity contribution in [2.24, 2.45) is 11.5 Å². The Kier molecular flexibility index (Phi) is 9.01. The molecule has 1 fully saturated rings. The van der Waals surface area contributed by atoms with Gasteiger partial charge in [-0.3, -0.25) is 9.59 Å². The predicted molar refractivity (Wildman–Crippen MR) is 69.1 cm³/mol. The minimum Gasteiger partial charge on any atom is -0.480 e. The van der Waals surface area contributed by atoms with Crippen molar-refractivity contribution in [1.29, 1.82) is 0 Å². The van der Waals surface area contributed by atoms with Gasteiger partial charge in [0.05, 0.1) is 6.10 Å². The van der Waals surface area contributed by atoms with Crippen LogP contribution in [0.1, 0.15) is 25.7 Å². The molecule has 0 aromatic carbocycles. The van der Waals surface area contributed by atoms with Gasteiger partial charge < -0.3 is 32.0 Å². The second-order valence-electron chi connectivity index (χ2n) is 4.57. The monoisotopic (exact) mass is 293 g/mol. The summed E-state index contributed by atoms with van der Waals surface area (Å²) in [6.07, 6.45) is 1.29. The van der Waals surface area contributed by atoms with E-state index in [0.717, 1.165) is 11.5 Å². The fourth-order valence-corrected chi connectivity index (χ4v) is 1.62. The molecular weight excluding hydrogens is 270 g/mol. The summed E-state index contributed by atoms with van der Waals surface area (Å²) in [6.45, 7) is 0.628. The second-order valence-corrected chi connectivity index (χ2v) is 4.57. The Bertz CT molecular complexity index is 315. The largest absolute Gasteiger partial charge is 0.480 e. The Labute approximate surface area is 116 Å². The van der Waals surface area contributed by atoms with Crippen LogP contribution < -0.4 is 11.5 Å². The average molecular weight is 293 g/mol. The van der Waals surface area contributed by atoms with E-state index in [2.05, 4.69) is 0 Å². The van der Waals surface area contributed by atoms with E-state index in [9.17, 15) is 9.59 Å². The van der Waals surface area contributed by atoms with Crippen LogP contribution in [0.15, 0.2) is 0 Å². The SMILES string of the molecule is NC[C@H](O)CC[C@H](N)C(=O)O.O=C(O)[C@@H]1CCCN1O. The molecule has 0 aromatic heterocycles. The number of hydroxylamine groups is 2. The molecule has 0 aliphatic carbocycles. The van der Waals surface area contributed by atoms with E-state index in [0.29, 0.717) is 19.4 Å². The molecule has 9 heteroatoms. The first kappa shape index (κ1) is 18.7. The van der Waals surface area contributed by atoms with Crippen LogP contribution in [-0.2, 0) is 9.59 Å². The molecule has 1 rings (SSSR count). The molecule has 1 aliphatic rings. The Balaban J connectivity index is 0.000000367. The van der Waals surface area contributed by atoms with Crippen LogP contribution in [0.4, 0.5) is 0 Å². The number of carboxylic acids is 2. The zero-order valence-corrected chi connectivity index (χ0v) is 11.2. The molecule has 1 aliphatic heterocycles. The van der Waals surface area contributed by atoms with Gasteiger partial charge in [-0.1, -0.05) is 0 Å². The highest BCUT2D eigenvalue weighted by Gasteiger charge is 2.28. The van der Waals surface area contributed by atoms with Crippen molar-refractivity contribution < 1.29 is 30.1 Å². The summed E-state index contributed by atoms with van der Waals surface area (Å²) in [5.74, 6) is -1.98. The minimum absolute atomic E-state index is 0.145. The Hall–Kier alpha value is -1.26. The van der Waals surface area contributed by atoms with Crippen LogP contribution in [0, 0.1) is 0 Å². The van der Waals surface area contributed by atoms with Gasteiger partial charge in [0.1, 0.15) is 12.1 Å². The number of aliphatic hydroxyl groups is 1. The van der Waals surface area contributed by atoms with E-state index < -0.39 is 30.1 Å². The van der Waals surface area contributed by atoms with Gasteiger partial charge in [0.2, 0.25) is 0 Å². The molecule has 3 atom stereocenters. The minimum atomic E-state index is -1.05. The second kappa shape index (κ2) is 9.61. The van der Waals surface area contributed by atoms with E-state index >= 15 is 0 Å². The van der Waals surface area contributed by atoms with Crippen molar-refractivity contribution in [1.82, 2.24) is 5.06 Å². The van der Waals surface area contributed by atoms with Crippen LogP contribution in [0.25, 0.3) is 0 Å². The Morgan fingerprint density at radius 2 is 1.90 bits per heavy atom. The standard InChI is InChI=1S/C6H14N2O3.C5H9NO3/c7-3-4(9)1-2-5(8)6(10)11;7-5(8)4-2-1-3-6(4)9/h4-5,9H,1-3,7-8H2,(H,10,11);4,9H,1-3H2,(H,7,8)/t4-,5+;4-/m10/s1. The fourth-order valence-electron chi connectivity index (χ4n) is 1.62. The average Bonchev–Trinajstić information content (AvgIpc) is 2.82.